The van der Waals surface area contributed by atoms with Crippen molar-refractivity contribution in [1.29, 1.82) is 0 Å². The summed E-state index contributed by atoms with van der Waals surface area (Å²) >= 11 is 0. The van der Waals surface area contributed by atoms with Gasteiger partial charge in [0.05, 0.1) is 17.6 Å². The van der Waals surface area contributed by atoms with Crippen LogP contribution in [0.25, 0.3) is 11.0 Å². The minimum absolute atomic E-state index is 0.345. The van der Waals surface area contributed by atoms with Gasteiger partial charge in [0.2, 0.25) is 5.95 Å². The van der Waals surface area contributed by atoms with E-state index in [1.54, 1.807) is 6.92 Å². The standard InChI is InChI=1S/C12H15N3O2/c1-3-15-10-8-6-5-7-9(10)13-11(15)14-12(16)17-4-2/h5-8H,3-4H2,1-2H3,(H,13,14,16). The van der Waals surface area contributed by atoms with Gasteiger partial charge in [-0.05, 0) is 26.0 Å². The number of benzene rings is 1. The maximum Gasteiger partial charge on any atom is 0.413 e. The molecule has 0 atom stereocenters. The van der Waals surface area contributed by atoms with E-state index in [2.05, 4.69) is 10.3 Å². The van der Waals surface area contributed by atoms with Gasteiger partial charge in [0.25, 0.3) is 0 Å². The normalized spacial score (nSPS) is 10.5. The smallest absolute Gasteiger partial charge is 0.413 e. The molecule has 1 aromatic carbocycles. The van der Waals surface area contributed by atoms with Gasteiger partial charge in [-0.1, -0.05) is 12.1 Å². The van der Waals surface area contributed by atoms with Gasteiger partial charge in [-0.3, -0.25) is 5.32 Å². The van der Waals surface area contributed by atoms with Crippen LogP contribution in [-0.2, 0) is 11.3 Å². The highest BCUT2D eigenvalue weighted by molar-refractivity contribution is 5.86. The van der Waals surface area contributed by atoms with Gasteiger partial charge in [0.15, 0.2) is 0 Å². The van der Waals surface area contributed by atoms with Crippen LogP contribution in [0.2, 0.25) is 0 Å². The number of imidazole rings is 1. The van der Waals surface area contributed by atoms with Crippen molar-refractivity contribution < 1.29 is 9.53 Å². The highest BCUT2D eigenvalue weighted by Gasteiger charge is 2.11. The van der Waals surface area contributed by atoms with E-state index >= 15 is 0 Å². The van der Waals surface area contributed by atoms with Crippen molar-refractivity contribution in [2.24, 2.45) is 0 Å². The van der Waals surface area contributed by atoms with E-state index in [1.807, 2.05) is 35.8 Å². The monoisotopic (exact) mass is 233 g/mol. The number of nitrogens with one attached hydrogen (secondary N) is 1. The third-order valence-corrected chi connectivity index (χ3v) is 2.46. The van der Waals surface area contributed by atoms with E-state index in [4.69, 9.17) is 4.74 Å². The quantitative estimate of drug-likeness (QED) is 0.886. The number of nitrogens with zero attached hydrogens (tertiary/aromatic N) is 2. The first-order valence-corrected chi connectivity index (χ1v) is 5.65. The molecule has 5 heteroatoms. The summed E-state index contributed by atoms with van der Waals surface area (Å²) in [4.78, 5) is 15.7. The molecular weight excluding hydrogens is 218 g/mol. The molecule has 1 heterocycles. The highest BCUT2D eigenvalue weighted by Crippen LogP contribution is 2.19. The molecule has 0 aliphatic carbocycles. The Labute approximate surface area is 99.4 Å². The van der Waals surface area contributed by atoms with Crippen LogP contribution in [-0.4, -0.2) is 22.3 Å². The van der Waals surface area contributed by atoms with Gasteiger partial charge in [-0.2, -0.15) is 0 Å². The van der Waals surface area contributed by atoms with Crippen molar-refractivity contribution in [3.8, 4) is 0 Å². The third-order valence-electron chi connectivity index (χ3n) is 2.46. The Balaban J connectivity index is 2.36. The zero-order chi connectivity index (χ0) is 12.3. The Morgan fingerprint density at radius 3 is 2.88 bits per heavy atom. The average molecular weight is 233 g/mol. The number of aromatic nitrogens is 2. The predicted octanol–water partition coefficient (Wildman–Crippen LogP) is 2.62. The number of ether oxygens (including phenoxy) is 1. The third kappa shape index (κ3) is 2.22. The number of aryl methyl sites for hydroxylation is 1. The number of hydrogen-bond acceptors (Lipinski definition) is 3. The van der Waals surface area contributed by atoms with Gasteiger partial charge < -0.3 is 9.30 Å². The number of rotatable bonds is 3. The Morgan fingerprint density at radius 2 is 2.18 bits per heavy atom. The van der Waals surface area contributed by atoms with E-state index in [-0.39, 0.29) is 0 Å². The summed E-state index contributed by atoms with van der Waals surface area (Å²) in [6.45, 7) is 4.85. The number of amides is 1. The molecule has 0 saturated carbocycles. The van der Waals surface area contributed by atoms with Crippen LogP contribution in [0.4, 0.5) is 10.7 Å². The summed E-state index contributed by atoms with van der Waals surface area (Å²) in [7, 11) is 0. The summed E-state index contributed by atoms with van der Waals surface area (Å²) in [5.74, 6) is 0.521. The molecular formula is C12H15N3O2. The van der Waals surface area contributed by atoms with Gasteiger partial charge >= 0.3 is 6.09 Å². The predicted molar refractivity (Wildman–Crippen MR) is 66.1 cm³/mol. The lowest BCUT2D eigenvalue weighted by Crippen LogP contribution is -2.16. The van der Waals surface area contributed by atoms with Crippen molar-refractivity contribution in [3.63, 3.8) is 0 Å². The van der Waals surface area contributed by atoms with Crippen molar-refractivity contribution in [2.45, 2.75) is 20.4 Å². The second-order valence-corrected chi connectivity index (χ2v) is 3.51. The Morgan fingerprint density at radius 1 is 1.41 bits per heavy atom. The Bertz CT molecular complexity index is 534. The molecule has 1 aromatic heterocycles. The molecule has 1 N–H and O–H groups in total. The van der Waals surface area contributed by atoms with Crippen molar-refractivity contribution in [2.75, 3.05) is 11.9 Å². The van der Waals surface area contributed by atoms with Crippen LogP contribution in [0.3, 0.4) is 0 Å². The topological polar surface area (TPSA) is 56.1 Å². The first-order valence-electron chi connectivity index (χ1n) is 5.65. The SMILES string of the molecule is CCOC(=O)Nc1nc2ccccc2n1CC. The van der Waals surface area contributed by atoms with Crippen molar-refractivity contribution in [3.05, 3.63) is 24.3 Å². The van der Waals surface area contributed by atoms with E-state index in [0.717, 1.165) is 17.6 Å². The molecule has 0 bridgehead atoms. The summed E-state index contributed by atoms with van der Waals surface area (Å²) in [5.41, 5.74) is 1.86. The molecule has 0 saturated heterocycles. The van der Waals surface area contributed by atoms with Crippen molar-refractivity contribution >= 4 is 23.1 Å². The second-order valence-electron chi connectivity index (χ2n) is 3.51. The van der Waals surface area contributed by atoms with Crippen LogP contribution in [0, 0.1) is 0 Å². The molecule has 0 spiro atoms. The fourth-order valence-corrected chi connectivity index (χ4v) is 1.75. The molecule has 2 aromatic rings. The number of para-hydroxylation sites is 2. The van der Waals surface area contributed by atoms with Gasteiger partial charge in [-0.15, -0.1) is 0 Å². The maximum atomic E-state index is 11.4. The summed E-state index contributed by atoms with van der Waals surface area (Å²) < 4.78 is 6.77. The first kappa shape index (κ1) is 11.4. The summed E-state index contributed by atoms with van der Waals surface area (Å²) in [5, 5.41) is 2.64. The molecule has 17 heavy (non-hydrogen) atoms. The largest absolute Gasteiger partial charge is 0.450 e. The lowest BCUT2D eigenvalue weighted by molar-refractivity contribution is 0.167. The molecule has 0 aliphatic rings. The molecule has 0 unspecified atom stereocenters. The Hall–Kier alpha value is -2.04. The van der Waals surface area contributed by atoms with E-state index in [9.17, 15) is 4.79 Å². The molecule has 0 fully saturated rings. The average Bonchev–Trinajstić information content (AvgIpc) is 2.66. The number of fused-ring (bicyclic) bond motifs is 1. The van der Waals surface area contributed by atoms with E-state index in [1.165, 1.54) is 0 Å². The molecule has 90 valence electrons. The fourth-order valence-electron chi connectivity index (χ4n) is 1.75. The lowest BCUT2D eigenvalue weighted by atomic mass is 10.3. The van der Waals surface area contributed by atoms with Gasteiger partial charge in [0.1, 0.15) is 0 Å². The molecule has 0 aliphatic heterocycles. The minimum atomic E-state index is -0.475. The number of hydrogen-bond donors (Lipinski definition) is 1. The fraction of sp³-hybridized carbons (Fsp3) is 0.333. The van der Waals surface area contributed by atoms with E-state index in [0.29, 0.717) is 12.6 Å². The number of carbonyl (C=O) groups is 1. The number of carbonyl (C=O) groups excluding carboxylic acids is 1. The van der Waals surface area contributed by atoms with Gasteiger partial charge in [0, 0.05) is 6.54 Å². The minimum Gasteiger partial charge on any atom is -0.450 e. The van der Waals surface area contributed by atoms with E-state index < -0.39 is 6.09 Å². The van der Waals surface area contributed by atoms with Crippen LogP contribution >= 0.6 is 0 Å². The zero-order valence-corrected chi connectivity index (χ0v) is 9.93. The van der Waals surface area contributed by atoms with Gasteiger partial charge in [-0.25, -0.2) is 9.78 Å². The van der Waals surface area contributed by atoms with Crippen LogP contribution < -0.4 is 5.32 Å². The molecule has 1 amide bonds. The molecule has 2 rings (SSSR count). The second kappa shape index (κ2) is 4.86. The van der Waals surface area contributed by atoms with Crippen LogP contribution in [0.5, 0.6) is 0 Å². The summed E-state index contributed by atoms with van der Waals surface area (Å²) in [6.07, 6.45) is -0.475. The van der Waals surface area contributed by atoms with Crippen LogP contribution in [0.15, 0.2) is 24.3 Å². The maximum absolute atomic E-state index is 11.4. The number of anilines is 1. The molecule has 5 nitrogen and oxygen atoms in total. The lowest BCUT2D eigenvalue weighted by Gasteiger charge is -2.07. The summed E-state index contributed by atoms with van der Waals surface area (Å²) in [6, 6.07) is 7.76. The van der Waals surface area contributed by atoms with Crippen LogP contribution in [0.1, 0.15) is 13.8 Å². The Kier molecular flexibility index (Phi) is 3.27. The zero-order valence-electron chi connectivity index (χ0n) is 9.93. The first-order chi connectivity index (χ1) is 8.26. The highest BCUT2D eigenvalue weighted by atomic mass is 16.5. The van der Waals surface area contributed by atoms with Crippen molar-refractivity contribution in [1.82, 2.24) is 9.55 Å². The molecule has 0 radical (unpaired) electrons.